The van der Waals surface area contributed by atoms with Crippen LogP contribution < -0.4 is 4.74 Å². The number of Topliss-reactive ketones (excluding diaryl/α,β-unsaturated/α-hetero) is 1. The summed E-state index contributed by atoms with van der Waals surface area (Å²) in [6.45, 7) is 4.36. The summed E-state index contributed by atoms with van der Waals surface area (Å²) in [5, 5.41) is 0. The Balaban J connectivity index is 2.80. The Morgan fingerprint density at radius 3 is 2.75 bits per heavy atom. The van der Waals surface area contributed by atoms with Gasteiger partial charge in [-0.1, -0.05) is 13.3 Å². The van der Waals surface area contributed by atoms with Crippen molar-refractivity contribution in [1.29, 1.82) is 0 Å². The fourth-order valence-electron chi connectivity index (χ4n) is 1.37. The van der Waals surface area contributed by atoms with Crippen molar-refractivity contribution in [3.63, 3.8) is 0 Å². The zero-order valence-electron chi connectivity index (χ0n) is 9.75. The SMILES string of the molecule is CCCCOc1ccc(C(C)=O)cc1CCl. The van der Waals surface area contributed by atoms with E-state index in [1.54, 1.807) is 19.1 Å². The van der Waals surface area contributed by atoms with E-state index in [0.29, 0.717) is 18.1 Å². The van der Waals surface area contributed by atoms with Crippen molar-refractivity contribution >= 4 is 17.4 Å². The molecule has 0 atom stereocenters. The van der Waals surface area contributed by atoms with Crippen LogP contribution in [0.4, 0.5) is 0 Å². The predicted octanol–water partition coefficient (Wildman–Crippen LogP) is 3.81. The van der Waals surface area contributed by atoms with Crippen molar-refractivity contribution in [2.24, 2.45) is 0 Å². The zero-order valence-corrected chi connectivity index (χ0v) is 10.5. The summed E-state index contributed by atoms with van der Waals surface area (Å²) < 4.78 is 5.61. The summed E-state index contributed by atoms with van der Waals surface area (Å²) in [5.74, 6) is 1.20. The number of halogens is 1. The molecule has 0 spiro atoms. The van der Waals surface area contributed by atoms with Crippen LogP contribution in [0.3, 0.4) is 0 Å². The highest BCUT2D eigenvalue weighted by molar-refractivity contribution is 6.17. The second-order valence-electron chi connectivity index (χ2n) is 3.71. The van der Waals surface area contributed by atoms with Gasteiger partial charge in [0.15, 0.2) is 5.78 Å². The van der Waals surface area contributed by atoms with E-state index in [4.69, 9.17) is 16.3 Å². The normalized spacial score (nSPS) is 10.2. The number of hydrogen-bond donors (Lipinski definition) is 0. The van der Waals surface area contributed by atoms with Crippen molar-refractivity contribution in [2.45, 2.75) is 32.6 Å². The molecule has 0 aromatic heterocycles. The number of ketones is 1. The minimum atomic E-state index is 0.0477. The Labute approximate surface area is 102 Å². The Morgan fingerprint density at radius 1 is 1.44 bits per heavy atom. The molecule has 0 unspecified atom stereocenters. The smallest absolute Gasteiger partial charge is 0.159 e. The molecule has 3 heteroatoms. The largest absolute Gasteiger partial charge is 0.493 e. The Kier molecular flexibility index (Phi) is 5.33. The predicted molar refractivity (Wildman–Crippen MR) is 66.4 cm³/mol. The second-order valence-corrected chi connectivity index (χ2v) is 3.98. The molecule has 0 aliphatic carbocycles. The zero-order chi connectivity index (χ0) is 12.0. The highest BCUT2D eigenvalue weighted by Crippen LogP contribution is 2.22. The molecule has 1 aromatic carbocycles. The summed E-state index contributed by atoms with van der Waals surface area (Å²) >= 11 is 5.83. The first-order valence-corrected chi connectivity index (χ1v) is 6.05. The summed E-state index contributed by atoms with van der Waals surface area (Å²) in [6, 6.07) is 5.40. The van der Waals surface area contributed by atoms with Crippen molar-refractivity contribution < 1.29 is 9.53 Å². The maximum absolute atomic E-state index is 11.2. The van der Waals surface area contributed by atoms with Gasteiger partial charge in [0.25, 0.3) is 0 Å². The maximum atomic E-state index is 11.2. The summed E-state index contributed by atoms with van der Waals surface area (Å²) in [4.78, 5) is 11.2. The molecular formula is C13H17ClO2. The van der Waals surface area contributed by atoms with Gasteiger partial charge in [-0.15, -0.1) is 11.6 Å². The van der Waals surface area contributed by atoms with Crippen molar-refractivity contribution in [3.05, 3.63) is 29.3 Å². The van der Waals surface area contributed by atoms with Crippen LogP contribution in [0.25, 0.3) is 0 Å². The van der Waals surface area contributed by atoms with Gasteiger partial charge in [0.2, 0.25) is 0 Å². The van der Waals surface area contributed by atoms with Crippen LogP contribution in [-0.4, -0.2) is 12.4 Å². The minimum Gasteiger partial charge on any atom is -0.493 e. The fourth-order valence-corrected chi connectivity index (χ4v) is 1.58. The van der Waals surface area contributed by atoms with E-state index in [9.17, 15) is 4.79 Å². The van der Waals surface area contributed by atoms with Gasteiger partial charge in [0.1, 0.15) is 5.75 Å². The first-order chi connectivity index (χ1) is 7.69. The lowest BCUT2D eigenvalue weighted by Crippen LogP contribution is -2.01. The lowest BCUT2D eigenvalue weighted by atomic mass is 10.1. The molecule has 1 aromatic rings. The third kappa shape index (κ3) is 3.53. The Morgan fingerprint density at radius 2 is 2.19 bits per heavy atom. The summed E-state index contributed by atoms with van der Waals surface area (Å²) in [7, 11) is 0. The lowest BCUT2D eigenvalue weighted by Gasteiger charge is -2.10. The maximum Gasteiger partial charge on any atom is 0.159 e. The first kappa shape index (κ1) is 13.0. The van der Waals surface area contributed by atoms with Gasteiger partial charge in [0.05, 0.1) is 12.5 Å². The van der Waals surface area contributed by atoms with Crippen molar-refractivity contribution in [1.82, 2.24) is 0 Å². The molecule has 0 amide bonds. The quantitative estimate of drug-likeness (QED) is 0.429. The topological polar surface area (TPSA) is 26.3 Å². The lowest BCUT2D eigenvalue weighted by molar-refractivity contribution is 0.101. The number of rotatable bonds is 6. The van der Waals surface area contributed by atoms with Gasteiger partial charge in [-0.05, 0) is 31.5 Å². The van der Waals surface area contributed by atoms with Gasteiger partial charge >= 0.3 is 0 Å². The average Bonchev–Trinajstić information content (AvgIpc) is 2.29. The van der Waals surface area contributed by atoms with E-state index >= 15 is 0 Å². The van der Waals surface area contributed by atoms with E-state index < -0.39 is 0 Å². The molecule has 0 aliphatic rings. The molecule has 0 radical (unpaired) electrons. The molecule has 0 heterocycles. The third-order valence-electron chi connectivity index (χ3n) is 2.37. The molecule has 0 bridgehead atoms. The third-order valence-corrected chi connectivity index (χ3v) is 2.65. The van der Waals surface area contributed by atoms with E-state index in [2.05, 4.69) is 6.92 Å². The van der Waals surface area contributed by atoms with E-state index in [0.717, 1.165) is 24.2 Å². The van der Waals surface area contributed by atoms with E-state index in [-0.39, 0.29) is 5.78 Å². The van der Waals surface area contributed by atoms with E-state index in [1.807, 2.05) is 6.07 Å². The van der Waals surface area contributed by atoms with Crippen LogP contribution in [0.1, 0.15) is 42.6 Å². The fraction of sp³-hybridized carbons (Fsp3) is 0.462. The molecule has 88 valence electrons. The number of carbonyl (C=O) groups excluding carboxylic acids is 1. The summed E-state index contributed by atoms with van der Waals surface area (Å²) in [5.41, 5.74) is 1.56. The van der Waals surface area contributed by atoms with Gasteiger partial charge < -0.3 is 4.74 Å². The number of carbonyl (C=O) groups is 1. The number of alkyl halides is 1. The number of benzene rings is 1. The molecular weight excluding hydrogens is 224 g/mol. The molecule has 0 aliphatic heterocycles. The number of unbranched alkanes of at least 4 members (excludes halogenated alkanes) is 1. The molecule has 2 nitrogen and oxygen atoms in total. The highest BCUT2D eigenvalue weighted by Gasteiger charge is 2.06. The highest BCUT2D eigenvalue weighted by atomic mass is 35.5. The van der Waals surface area contributed by atoms with Crippen LogP contribution in [0.15, 0.2) is 18.2 Å². The monoisotopic (exact) mass is 240 g/mol. The van der Waals surface area contributed by atoms with E-state index in [1.165, 1.54) is 0 Å². The minimum absolute atomic E-state index is 0.0477. The Bertz CT molecular complexity index is 361. The van der Waals surface area contributed by atoms with Crippen LogP contribution in [0.2, 0.25) is 0 Å². The molecule has 16 heavy (non-hydrogen) atoms. The molecule has 1 rings (SSSR count). The molecule has 0 fully saturated rings. The Hall–Kier alpha value is -1.02. The van der Waals surface area contributed by atoms with Crippen molar-refractivity contribution in [2.75, 3.05) is 6.61 Å². The van der Waals surface area contributed by atoms with Gasteiger partial charge in [-0.3, -0.25) is 4.79 Å². The van der Waals surface area contributed by atoms with Crippen LogP contribution in [0.5, 0.6) is 5.75 Å². The van der Waals surface area contributed by atoms with Gasteiger partial charge in [0, 0.05) is 11.1 Å². The van der Waals surface area contributed by atoms with Gasteiger partial charge in [-0.25, -0.2) is 0 Å². The average molecular weight is 241 g/mol. The van der Waals surface area contributed by atoms with Crippen LogP contribution in [0, 0.1) is 0 Å². The summed E-state index contributed by atoms with van der Waals surface area (Å²) in [6.07, 6.45) is 2.12. The molecule has 0 saturated carbocycles. The number of ether oxygens (including phenoxy) is 1. The first-order valence-electron chi connectivity index (χ1n) is 5.51. The standard InChI is InChI=1S/C13H17ClO2/c1-3-4-7-16-13-6-5-11(10(2)15)8-12(13)9-14/h5-6,8H,3-4,7,9H2,1-2H3. The van der Waals surface area contributed by atoms with Gasteiger partial charge in [-0.2, -0.15) is 0 Å². The molecule has 0 saturated heterocycles. The number of hydrogen-bond acceptors (Lipinski definition) is 2. The second kappa shape index (κ2) is 6.54. The van der Waals surface area contributed by atoms with Crippen LogP contribution in [-0.2, 0) is 5.88 Å². The van der Waals surface area contributed by atoms with Crippen LogP contribution >= 0.6 is 11.6 Å². The van der Waals surface area contributed by atoms with Crippen molar-refractivity contribution in [3.8, 4) is 5.75 Å². The molecule has 0 N–H and O–H groups in total.